The maximum Gasteiger partial charge on any atom is 0.330 e. The van der Waals surface area contributed by atoms with E-state index in [0.29, 0.717) is 17.7 Å². The topological polar surface area (TPSA) is 46.6 Å². The summed E-state index contributed by atoms with van der Waals surface area (Å²) in [6.45, 7) is 3.69. The average molecular weight is 374 g/mol. The zero-order valence-corrected chi connectivity index (χ0v) is 15.9. The fourth-order valence-corrected chi connectivity index (χ4v) is 2.45. The molecule has 2 aromatic carbocycles. The van der Waals surface area contributed by atoms with Crippen LogP contribution in [0.2, 0.25) is 0 Å². The van der Waals surface area contributed by atoms with Gasteiger partial charge in [-0.25, -0.2) is 4.79 Å². The summed E-state index contributed by atoms with van der Waals surface area (Å²) >= 11 is 0. The Hall–Kier alpha value is -2.43. The molecule has 0 saturated heterocycles. The van der Waals surface area contributed by atoms with E-state index in [0.717, 1.165) is 18.1 Å². The molecule has 5 heteroatoms. The third-order valence-electron chi connectivity index (χ3n) is 4.04. The summed E-state index contributed by atoms with van der Waals surface area (Å²) in [5.41, 5.74) is 2.42. The Morgan fingerprint density at radius 2 is 1.62 bits per heavy atom. The number of esters is 1. The van der Waals surface area contributed by atoms with Crippen molar-refractivity contribution in [3.63, 3.8) is 0 Å². The first-order valence-corrected chi connectivity index (χ1v) is 8.15. The van der Waals surface area contributed by atoms with E-state index in [4.69, 9.17) is 4.74 Å². The molecule has 1 unspecified atom stereocenters. The lowest BCUT2D eigenvalue weighted by Gasteiger charge is -2.23. The second-order valence-corrected chi connectivity index (χ2v) is 6.05. The number of likely N-dealkylation sites (N-methyl/N-ethyl adjacent to an activating group) is 1. The van der Waals surface area contributed by atoms with Crippen LogP contribution >= 0.6 is 12.4 Å². The van der Waals surface area contributed by atoms with E-state index < -0.39 is 5.97 Å². The molecule has 26 heavy (non-hydrogen) atoms. The van der Waals surface area contributed by atoms with E-state index in [1.807, 2.05) is 73.6 Å². The zero-order chi connectivity index (χ0) is 18.2. The summed E-state index contributed by atoms with van der Waals surface area (Å²) in [7, 11) is 3.89. The molecule has 0 N–H and O–H groups in total. The molecule has 1 atom stereocenters. The number of ketones is 1. The number of ether oxygens (including phenoxy) is 1. The molecule has 0 bridgehead atoms. The van der Waals surface area contributed by atoms with Crippen molar-refractivity contribution in [2.24, 2.45) is 0 Å². The zero-order valence-electron chi connectivity index (χ0n) is 15.1. The van der Waals surface area contributed by atoms with Gasteiger partial charge in [0.2, 0.25) is 0 Å². The minimum Gasteiger partial charge on any atom is -0.461 e. The summed E-state index contributed by atoms with van der Waals surface area (Å²) in [5, 5.41) is 0. The fourth-order valence-electron chi connectivity index (χ4n) is 2.45. The van der Waals surface area contributed by atoms with Crippen molar-refractivity contribution in [1.29, 1.82) is 0 Å². The van der Waals surface area contributed by atoms with Gasteiger partial charge in [-0.2, -0.15) is 0 Å². The largest absolute Gasteiger partial charge is 0.461 e. The van der Waals surface area contributed by atoms with Crippen LogP contribution in [0.3, 0.4) is 0 Å². The van der Waals surface area contributed by atoms with Crippen LogP contribution in [-0.2, 0) is 16.0 Å². The number of carbonyl (C=O) groups excluding carboxylic acids is 2. The molecule has 138 valence electrons. The van der Waals surface area contributed by atoms with Crippen molar-refractivity contribution in [2.45, 2.75) is 12.5 Å². The molecule has 0 radical (unpaired) electrons. The summed E-state index contributed by atoms with van der Waals surface area (Å²) < 4.78 is 5.15. The molecular weight excluding hydrogens is 350 g/mol. The molecule has 0 aliphatic rings. The highest BCUT2D eigenvalue weighted by Crippen LogP contribution is 2.13. The van der Waals surface area contributed by atoms with Crippen LogP contribution in [-0.4, -0.2) is 43.4 Å². The van der Waals surface area contributed by atoms with Gasteiger partial charge in [-0.3, -0.25) is 4.79 Å². The van der Waals surface area contributed by atoms with Gasteiger partial charge in [-0.1, -0.05) is 61.2 Å². The highest BCUT2D eigenvalue weighted by atomic mass is 35.5. The molecule has 0 amide bonds. The van der Waals surface area contributed by atoms with Gasteiger partial charge in [0.25, 0.3) is 0 Å². The number of benzene rings is 2. The van der Waals surface area contributed by atoms with Gasteiger partial charge in [0.05, 0.1) is 0 Å². The predicted molar refractivity (Wildman–Crippen MR) is 106 cm³/mol. The van der Waals surface area contributed by atoms with Crippen molar-refractivity contribution in [1.82, 2.24) is 4.90 Å². The van der Waals surface area contributed by atoms with Gasteiger partial charge in [0.1, 0.15) is 6.61 Å². The first-order chi connectivity index (χ1) is 12.0. The van der Waals surface area contributed by atoms with Crippen LogP contribution < -0.4 is 0 Å². The summed E-state index contributed by atoms with van der Waals surface area (Å²) in [5.74, 6) is -0.410. The Kier molecular flexibility index (Phi) is 8.76. The monoisotopic (exact) mass is 373 g/mol. The molecule has 2 rings (SSSR count). The Bertz CT molecular complexity index is 727. The van der Waals surface area contributed by atoms with Crippen molar-refractivity contribution < 1.29 is 14.3 Å². The first-order valence-electron chi connectivity index (χ1n) is 8.15. The van der Waals surface area contributed by atoms with E-state index in [1.165, 1.54) is 0 Å². The number of halogens is 1. The maximum absolute atomic E-state index is 12.4. The molecule has 0 aromatic heterocycles. The number of hydrogen-bond donors (Lipinski definition) is 0. The van der Waals surface area contributed by atoms with E-state index in [2.05, 4.69) is 6.58 Å². The number of carbonyl (C=O) groups is 2. The van der Waals surface area contributed by atoms with Crippen molar-refractivity contribution in [3.8, 4) is 0 Å². The molecule has 0 fully saturated rings. The van der Waals surface area contributed by atoms with Gasteiger partial charge in [-0.15, -0.1) is 12.4 Å². The van der Waals surface area contributed by atoms with Crippen molar-refractivity contribution in [3.05, 3.63) is 83.9 Å². The Morgan fingerprint density at radius 3 is 2.15 bits per heavy atom. The van der Waals surface area contributed by atoms with Crippen LogP contribution in [0.4, 0.5) is 0 Å². The van der Waals surface area contributed by atoms with Gasteiger partial charge in [0, 0.05) is 23.2 Å². The van der Waals surface area contributed by atoms with Crippen LogP contribution in [0.25, 0.3) is 0 Å². The molecule has 0 spiro atoms. The lowest BCUT2D eigenvalue weighted by molar-refractivity contribution is -0.139. The number of hydrogen-bond acceptors (Lipinski definition) is 4. The maximum atomic E-state index is 12.4. The minimum atomic E-state index is -0.421. The van der Waals surface area contributed by atoms with E-state index in [1.54, 1.807) is 0 Å². The fraction of sp³-hybridized carbons (Fsp3) is 0.238. The van der Waals surface area contributed by atoms with Crippen LogP contribution in [0.5, 0.6) is 0 Å². The second-order valence-electron chi connectivity index (χ2n) is 6.05. The SMILES string of the molecule is C=CC(=O)OCC(Cc1ccc(C(=O)c2ccccc2)cc1)N(C)C.Cl. The standard InChI is InChI=1S/C21H23NO3.ClH/c1-4-20(23)25-15-19(22(2)3)14-16-10-12-18(13-11-16)21(24)17-8-6-5-7-9-17;/h4-13,19H,1,14-15H2,2-3H3;1H. The Morgan fingerprint density at radius 1 is 1.04 bits per heavy atom. The molecule has 2 aromatic rings. The Balaban J connectivity index is 0.00000338. The molecule has 4 nitrogen and oxygen atoms in total. The van der Waals surface area contributed by atoms with Gasteiger partial charge >= 0.3 is 5.97 Å². The van der Waals surface area contributed by atoms with E-state index in [9.17, 15) is 9.59 Å². The molecule has 0 heterocycles. The highest BCUT2D eigenvalue weighted by Gasteiger charge is 2.15. The van der Waals surface area contributed by atoms with Crippen molar-refractivity contribution in [2.75, 3.05) is 20.7 Å². The predicted octanol–water partition coefficient (Wildman–Crippen LogP) is 3.54. The van der Waals surface area contributed by atoms with Gasteiger partial charge in [0.15, 0.2) is 5.78 Å². The van der Waals surface area contributed by atoms with Crippen LogP contribution in [0.1, 0.15) is 21.5 Å². The minimum absolute atomic E-state index is 0. The molecule has 0 aliphatic heterocycles. The lowest BCUT2D eigenvalue weighted by atomic mass is 9.99. The van der Waals surface area contributed by atoms with E-state index >= 15 is 0 Å². The first kappa shape index (κ1) is 21.6. The second kappa shape index (κ2) is 10.5. The quantitative estimate of drug-likeness (QED) is 0.403. The average Bonchev–Trinajstić information content (AvgIpc) is 2.65. The van der Waals surface area contributed by atoms with Gasteiger partial charge in [-0.05, 0) is 26.1 Å². The number of rotatable bonds is 8. The van der Waals surface area contributed by atoms with Crippen molar-refractivity contribution >= 4 is 24.2 Å². The third-order valence-corrected chi connectivity index (χ3v) is 4.04. The third kappa shape index (κ3) is 6.14. The molecule has 0 saturated carbocycles. The Labute approximate surface area is 160 Å². The summed E-state index contributed by atoms with van der Waals surface area (Å²) in [4.78, 5) is 25.7. The summed E-state index contributed by atoms with van der Waals surface area (Å²) in [6, 6.07) is 16.9. The lowest BCUT2D eigenvalue weighted by Crippen LogP contribution is -2.35. The number of nitrogens with zero attached hydrogens (tertiary/aromatic N) is 1. The van der Waals surface area contributed by atoms with Crippen LogP contribution in [0, 0.1) is 0 Å². The van der Waals surface area contributed by atoms with E-state index in [-0.39, 0.29) is 24.2 Å². The highest BCUT2D eigenvalue weighted by molar-refractivity contribution is 6.08. The molecular formula is C21H24ClNO3. The van der Waals surface area contributed by atoms with Gasteiger partial charge < -0.3 is 9.64 Å². The van der Waals surface area contributed by atoms with Crippen LogP contribution in [0.15, 0.2) is 67.3 Å². The smallest absolute Gasteiger partial charge is 0.330 e. The normalized spacial score (nSPS) is 11.3. The molecule has 0 aliphatic carbocycles. The summed E-state index contributed by atoms with van der Waals surface area (Å²) in [6.07, 6.45) is 1.88.